The van der Waals surface area contributed by atoms with Crippen molar-refractivity contribution in [2.24, 2.45) is 44.8 Å². The molecule has 1 unspecified atom stereocenters. The average Bonchev–Trinajstić information content (AvgIpc) is 3.34. The molecule has 0 spiro atoms. The quantitative estimate of drug-likeness (QED) is 0.317. The summed E-state index contributed by atoms with van der Waals surface area (Å²) in [6, 6.07) is 0. The maximum Gasteiger partial charge on any atom is 0.312 e. The van der Waals surface area contributed by atoms with Crippen molar-refractivity contribution >= 4 is 11.9 Å². The van der Waals surface area contributed by atoms with Gasteiger partial charge in [-0.3, -0.25) is 9.59 Å². The first kappa shape index (κ1) is 31.1. The van der Waals surface area contributed by atoms with Gasteiger partial charge in [0.2, 0.25) is 0 Å². The summed E-state index contributed by atoms with van der Waals surface area (Å²) < 4.78 is 16.6. The van der Waals surface area contributed by atoms with E-state index in [1.165, 1.54) is 12.7 Å². The molecule has 0 saturated heterocycles. The van der Waals surface area contributed by atoms with Crippen LogP contribution in [0.1, 0.15) is 125 Å². The van der Waals surface area contributed by atoms with Crippen LogP contribution in [0.2, 0.25) is 0 Å². The van der Waals surface area contributed by atoms with E-state index in [4.69, 9.17) is 14.0 Å². The molecule has 2 saturated carbocycles. The Bertz CT molecular complexity index is 1120. The molecule has 0 aliphatic heterocycles. The van der Waals surface area contributed by atoms with Crippen molar-refractivity contribution in [1.82, 2.24) is 5.16 Å². The lowest BCUT2D eigenvalue weighted by Gasteiger charge is -2.65. The molecule has 1 heterocycles. The third-order valence-electron chi connectivity index (χ3n) is 13.0. The van der Waals surface area contributed by atoms with Gasteiger partial charge in [0.1, 0.15) is 5.76 Å². The average molecular weight is 558 g/mol. The summed E-state index contributed by atoms with van der Waals surface area (Å²) in [6.07, 6.45) is 9.86. The van der Waals surface area contributed by atoms with E-state index in [9.17, 15) is 9.59 Å². The summed E-state index contributed by atoms with van der Waals surface area (Å²) in [6.45, 7) is 21.0. The Kier molecular flexibility index (Phi) is 7.89. The molecule has 40 heavy (non-hydrogen) atoms. The summed E-state index contributed by atoms with van der Waals surface area (Å²) in [5, 5.41) is 4.20. The van der Waals surface area contributed by atoms with Crippen molar-refractivity contribution in [2.45, 2.75) is 126 Å². The second-order valence-corrected chi connectivity index (χ2v) is 16.2. The van der Waals surface area contributed by atoms with Crippen LogP contribution in [0.4, 0.5) is 0 Å². The van der Waals surface area contributed by atoms with Gasteiger partial charge in [-0.25, -0.2) is 0 Å². The van der Waals surface area contributed by atoms with Gasteiger partial charge in [0, 0.05) is 17.4 Å². The molecule has 0 radical (unpaired) electrons. The lowest BCUT2D eigenvalue weighted by molar-refractivity contribution is -0.171. The zero-order valence-corrected chi connectivity index (χ0v) is 27.2. The first-order chi connectivity index (χ1) is 18.4. The van der Waals surface area contributed by atoms with E-state index < -0.39 is 5.41 Å². The highest BCUT2D eigenvalue weighted by molar-refractivity contribution is 5.77. The third-order valence-corrected chi connectivity index (χ3v) is 13.0. The summed E-state index contributed by atoms with van der Waals surface area (Å²) in [5.41, 5.74) is 0.412. The Balaban J connectivity index is 1.71. The minimum atomic E-state index is -0.457. The number of hydrogen-bond donors (Lipinski definition) is 0. The second kappa shape index (κ2) is 10.2. The van der Waals surface area contributed by atoms with E-state index in [1.54, 1.807) is 7.11 Å². The maximum atomic E-state index is 13.4. The van der Waals surface area contributed by atoms with Gasteiger partial charge in [0.15, 0.2) is 0 Å². The molecular formula is C34H55NO5. The number of nitrogens with zero attached hydrogens (tertiary/aromatic N) is 1. The molecule has 4 rings (SSSR count). The molecule has 6 atom stereocenters. The highest BCUT2D eigenvalue weighted by Crippen LogP contribution is 2.69. The topological polar surface area (TPSA) is 78.6 Å². The predicted octanol–water partition coefficient (Wildman–Crippen LogP) is 7.92. The van der Waals surface area contributed by atoms with Gasteiger partial charge < -0.3 is 14.0 Å². The molecule has 1 aromatic rings. The molecule has 1 aromatic heterocycles. The smallest absolute Gasteiger partial charge is 0.312 e. The van der Waals surface area contributed by atoms with Crippen LogP contribution >= 0.6 is 0 Å². The largest absolute Gasteiger partial charge is 0.469 e. The summed E-state index contributed by atoms with van der Waals surface area (Å²) in [4.78, 5) is 26.5. The Hall–Kier alpha value is -1.85. The van der Waals surface area contributed by atoms with Gasteiger partial charge in [-0.2, -0.15) is 0 Å². The van der Waals surface area contributed by atoms with Gasteiger partial charge in [0.05, 0.1) is 25.8 Å². The van der Waals surface area contributed by atoms with Crippen LogP contribution in [0.15, 0.2) is 10.7 Å². The van der Waals surface area contributed by atoms with Crippen LogP contribution in [0.3, 0.4) is 0 Å². The highest BCUT2D eigenvalue weighted by Gasteiger charge is 2.64. The van der Waals surface area contributed by atoms with E-state index in [0.717, 1.165) is 57.1 Å². The normalized spacial score (nSPS) is 36.7. The van der Waals surface area contributed by atoms with E-state index in [-0.39, 0.29) is 50.8 Å². The number of carbonyl (C=O) groups excluding carboxylic acids is 2. The zero-order chi connectivity index (χ0) is 29.9. The van der Waals surface area contributed by atoms with Crippen LogP contribution in [0.5, 0.6) is 0 Å². The first-order valence-corrected chi connectivity index (χ1v) is 15.5. The molecule has 6 nitrogen and oxygen atoms in total. The van der Waals surface area contributed by atoms with Crippen molar-refractivity contribution < 1.29 is 23.6 Å². The number of aromatic nitrogens is 1. The molecule has 226 valence electrons. The van der Waals surface area contributed by atoms with Crippen molar-refractivity contribution in [1.29, 1.82) is 0 Å². The number of fused-ring (bicyclic) bond motifs is 2. The maximum absolute atomic E-state index is 13.4. The molecule has 0 N–H and O–H groups in total. The number of hydrogen-bond acceptors (Lipinski definition) is 6. The van der Waals surface area contributed by atoms with Crippen LogP contribution in [0, 0.1) is 44.8 Å². The Morgan fingerprint density at radius 3 is 2.33 bits per heavy atom. The van der Waals surface area contributed by atoms with E-state index in [2.05, 4.69) is 67.5 Å². The van der Waals surface area contributed by atoms with Crippen LogP contribution in [0.25, 0.3) is 0 Å². The number of carbonyl (C=O) groups is 2. The lowest BCUT2D eigenvalue weighted by Crippen LogP contribution is -2.61. The van der Waals surface area contributed by atoms with E-state index in [1.807, 2.05) is 6.20 Å². The summed E-state index contributed by atoms with van der Waals surface area (Å²) in [5.74, 6) is 1.55. The van der Waals surface area contributed by atoms with Crippen LogP contribution < -0.4 is 0 Å². The second-order valence-electron chi connectivity index (χ2n) is 16.2. The van der Waals surface area contributed by atoms with E-state index >= 15 is 0 Å². The van der Waals surface area contributed by atoms with Crippen molar-refractivity contribution in [3.05, 3.63) is 17.5 Å². The molecule has 3 aliphatic rings. The number of rotatable bonds is 7. The highest BCUT2D eigenvalue weighted by atomic mass is 16.5. The van der Waals surface area contributed by atoms with Gasteiger partial charge in [0.25, 0.3) is 0 Å². The van der Waals surface area contributed by atoms with Gasteiger partial charge in [-0.05, 0) is 90.8 Å². The number of ether oxygens (including phenoxy) is 2. The fraction of sp³-hybridized carbons (Fsp3) is 0.853. The van der Waals surface area contributed by atoms with Crippen molar-refractivity contribution in [2.75, 3.05) is 14.2 Å². The lowest BCUT2D eigenvalue weighted by atomic mass is 9.39. The summed E-state index contributed by atoms with van der Waals surface area (Å²) in [7, 11) is 3.05. The monoisotopic (exact) mass is 557 g/mol. The van der Waals surface area contributed by atoms with Crippen LogP contribution in [-0.2, 0) is 30.9 Å². The Labute approximate surface area is 242 Å². The molecule has 0 amide bonds. The van der Waals surface area contributed by atoms with Gasteiger partial charge in [-0.15, -0.1) is 0 Å². The van der Waals surface area contributed by atoms with Crippen molar-refractivity contribution in [3.8, 4) is 0 Å². The van der Waals surface area contributed by atoms with Crippen molar-refractivity contribution in [3.63, 3.8) is 0 Å². The van der Waals surface area contributed by atoms with Gasteiger partial charge >= 0.3 is 11.9 Å². The van der Waals surface area contributed by atoms with E-state index in [0.29, 0.717) is 12.3 Å². The Morgan fingerprint density at radius 1 is 1.05 bits per heavy atom. The molecule has 0 bridgehead atoms. The molecule has 6 heteroatoms. The molecular weight excluding hydrogens is 502 g/mol. The Morgan fingerprint density at radius 2 is 1.73 bits per heavy atom. The fourth-order valence-electron chi connectivity index (χ4n) is 10.1. The molecule has 2 fully saturated rings. The third kappa shape index (κ3) is 4.73. The predicted molar refractivity (Wildman–Crippen MR) is 157 cm³/mol. The van der Waals surface area contributed by atoms with Crippen LogP contribution in [-0.4, -0.2) is 31.3 Å². The zero-order valence-electron chi connectivity index (χ0n) is 27.2. The minimum absolute atomic E-state index is 0.0488. The SMILES string of the molecule is COC(=O)C[C@@H]1[C@@]2(C)Cc3cnoc3C(C)(C)[C@@H]2CC[C@@]1(C)C(C)(C)CC[C@@]1(C(=O)OC)CCC(C)(C)CC1C. The first-order valence-electron chi connectivity index (χ1n) is 15.5. The standard InChI is InChI=1S/C34H55NO5/c1-22-19-29(2,3)14-16-34(22,28(37)39-11)17-15-30(4,5)33(9)13-12-24-31(6,7)27-23(21-35-40-27)20-32(24,8)25(33)18-26(36)38-10/h21-22,24-25H,12-20H2,1-11H3/t22?,24-,25+,32-,33+,34-/m0/s1. The number of methoxy groups -OCH3 is 2. The summed E-state index contributed by atoms with van der Waals surface area (Å²) >= 11 is 0. The minimum Gasteiger partial charge on any atom is -0.469 e. The number of esters is 2. The van der Waals surface area contributed by atoms with Gasteiger partial charge in [-0.1, -0.05) is 67.5 Å². The fourth-order valence-corrected chi connectivity index (χ4v) is 10.1. The molecule has 0 aromatic carbocycles. The molecule has 3 aliphatic carbocycles.